The lowest BCUT2D eigenvalue weighted by atomic mass is 10.2. The second-order valence-corrected chi connectivity index (χ2v) is 3.35. The molecule has 1 heterocycles. The second kappa shape index (κ2) is 4.19. The summed E-state index contributed by atoms with van der Waals surface area (Å²) in [4.78, 5) is 8.57. The first-order valence-electron chi connectivity index (χ1n) is 4.54. The van der Waals surface area contributed by atoms with Crippen molar-refractivity contribution in [2.75, 3.05) is 0 Å². The molecule has 0 aliphatic rings. The Hall–Kier alpha value is -0.920. The molecule has 0 N–H and O–H groups in total. The van der Waals surface area contributed by atoms with Crippen molar-refractivity contribution in [1.29, 1.82) is 0 Å². The topological polar surface area (TPSA) is 25.8 Å². The zero-order valence-electron chi connectivity index (χ0n) is 8.04. The summed E-state index contributed by atoms with van der Waals surface area (Å²) < 4.78 is 0. The van der Waals surface area contributed by atoms with Crippen molar-refractivity contribution >= 4 is 0 Å². The van der Waals surface area contributed by atoms with Crippen LogP contribution in [0.2, 0.25) is 0 Å². The molecule has 0 unspecified atom stereocenters. The number of hydrogen-bond acceptors (Lipinski definition) is 2. The Bertz CT molecular complexity index is 226. The predicted octanol–water partition coefficient (Wildman–Crippen LogP) is 2.55. The molecule has 0 aliphatic carbocycles. The van der Waals surface area contributed by atoms with Gasteiger partial charge in [0.2, 0.25) is 0 Å². The molecule has 1 aromatic heterocycles. The van der Waals surface area contributed by atoms with Gasteiger partial charge in [0.05, 0.1) is 0 Å². The number of nitrogens with zero attached hydrogens (tertiary/aromatic N) is 2. The molecule has 1 rings (SSSR count). The van der Waals surface area contributed by atoms with Crippen LogP contribution in [0.4, 0.5) is 0 Å². The Morgan fingerprint density at radius 3 is 2.25 bits per heavy atom. The van der Waals surface area contributed by atoms with Gasteiger partial charge in [0, 0.05) is 18.3 Å². The summed E-state index contributed by atoms with van der Waals surface area (Å²) in [5.74, 6) is 1.37. The first kappa shape index (κ1) is 9.17. The van der Waals surface area contributed by atoms with Crippen LogP contribution in [0.5, 0.6) is 0 Å². The first-order chi connectivity index (χ1) is 5.74. The molecule has 0 bridgehead atoms. The molecule has 0 aliphatic heterocycles. The summed E-state index contributed by atoms with van der Waals surface area (Å²) in [5, 5.41) is 0. The zero-order valence-corrected chi connectivity index (χ0v) is 8.04. The lowest BCUT2D eigenvalue weighted by molar-refractivity contribution is 0.763. The number of rotatable bonds is 3. The Morgan fingerprint density at radius 2 is 1.83 bits per heavy atom. The van der Waals surface area contributed by atoms with Crippen molar-refractivity contribution in [2.24, 2.45) is 0 Å². The van der Waals surface area contributed by atoms with Crippen LogP contribution in [0.15, 0.2) is 12.4 Å². The van der Waals surface area contributed by atoms with E-state index in [1.807, 2.05) is 12.4 Å². The third-order valence-corrected chi connectivity index (χ3v) is 1.78. The smallest absolute Gasteiger partial charge is 0.130 e. The molecule has 0 aromatic carbocycles. The van der Waals surface area contributed by atoms with E-state index in [1.165, 1.54) is 5.56 Å². The third-order valence-electron chi connectivity index (χ3n) is 1.78. The van der Waals surface area contributed by atoms with Gasteiger partial charge in [0.1, 0.15) is 5.82 Å². The molecule has 2 heteroatoms. The third kappa shape index (κ3) is 2.29. The molecule has 0 saturated carbocycles. The average molecular weight is 164 g/mol. The summed E-state index contributed by atoms with van der Waals surface area (Å²) in [6.07, 6.45) is 6.11. The minimum absolute atomic E-state index is 0.431. The fourth-order valence-corrected chi connectivity index (χ4v) is 1.08. The minimum atomic E-state index is 0.431. The van der Waals surface area contributed by atoms with E-state index in [9.17, 15) is 0 Å². The largest absolute Gasteiger partial charge is 0.241 e. The molecular formula is C10H16N2. The monoisotopic (exact) mass is 164 g/mol. The zero-order chi connectivity index (χ0) is 8.97. The van der Waals surface area contributed by atoms with Crippen LogP contribution in [0.1, 0.15) is 44.5 Å². The highest BCUT2D eigenvalue weighted by atomic mass is 14.9. The van der Waals surface area contributed by atoms with Gasteiger partial charge in [-0.05, 0) is 12.0 Å². The van der Waals surface area contributed by atoms with E-state index in [0.717, 1.165) is 18.7 Å². The van der Waals surface area contributed by atoms with E-state index in [1.54, 1.807) is 0 Å². The number of aryl methyl sites for hydroxylation is 1. The summed E-state index contributed by atoms with van der Waals surface area (Å²) >= 11 is 0. The SMILES string of the molecule is CCCc1cnc(C(C)C)nc1. The quantitative estimate of drug-likeness (QED) is 0.686. The summed E-state index contributed by atoms with van der Waals surface area (Å²) in [6, 6.07) is 0. The molecule has 0 atom stereocenters. The van der Waals surface area contributed by atoms with Crippen LogP contribution in [0.3, 0.4) is 0 Å². The Labute approximate surface area is 74.1 Å². The van der Waals surface area contributed by atoms with Gasteiger partial charge in [-0.25, -0.2) is 9.97 Å². The van der Waals surface area contributed by atoms with Crippen molar-refractivity contribution in [3.05, 3.63) is 23.8 Å². The van der Waals surface area contributed by atoms with Crippen LogP contribution >= 0.6 is 0 Å². The maximum absolute atomic E-state index is 4.29. The van der Waals surface area contributed by atoms with E-state index in [0.29, 0.717) is 5.92 Å². The van der Waals surface area contributed by atoms with E-state index >= 15 is 0 Å². The van der Waals surface area contributed by atoms with Gasteiger partial charge in [-0.2, -0.15) is 0 Å². The fraction of sp³-hybridized carbons (Fsp3) is 0.600. The van der Waals surface area contributed by atoms with Crippen LogP contribution in [-0.2, 0) is 6.42 Å². The van der Waals surface area contributed by atoms with E-state index in [2.05, 4.69) is 30.7 Å². The fourth-order valence-electron chi connectivity index (χ4n) is 1.08. The van der Waals surface area contributed by atoms with Crippen molar-refractivity contribution in [2.45, 2.75) is 39.5 Å². The number of aromatic nitrogens is 2. The predicted molar refractivity (Wildman–Crippen MR) is 50.1 cm³/mol. The van der Waals surface area contributed by atoms with Gasteiger partial charge in [-0.15, -0.1) is 0 Å². The molecule has 0 fully saturated rings. The van der Waals surface area contributed by atoms with Gasteiger partial charge in [-0.3, -0.25) is 0 Å². The Balaban J connectivity index is 2.71. The normalized spacial score (nSPS) is 10.7. The van der Waals surface area contributed by atoms with Gasteiger partial charge < -0.3 is 0 Å². The van der Waals surface area contributed by atoms with Gasteiger partial charge >= 0.3 is 0 Å². The van der Waals surface area contributed by atoms with Crippen LogP contribution < -0.4 is 0 Å². The average Bonchev–Trinajstić information content (AvgIpc) is 2.06. The van der Waals surface area contributed by atoms with Crippen LogP contribution in [-0.4, -0.2) is 9.97 Å². The van der Waals surface area contributed by atoms with E-state index < -0.39 is 0 Å². The van der Waals surface area contributed by atoms with Gasteiger partial charge in [0.15, 0.2) is 0 Å². The first-order valence-corrected chi connectivity index (χ1v) is 4.54. The van der Waals surface area contributed by atoms with Crippen molar-refractivity contribution in [1.82, 2.24) is 9.97 Å². The highest BCUT2D eigenvalue weighted by Crippen LogP contribution is 2.08. The summed E-state index contributed by atoms with van der Waals surface area (Å²) in [7, 11) is 0. The molecule has 2 nitrogen and oxygen atoms in total. The van der Waals surface area contributed by atoms with Gasteiger partial charge in [-0.1, -0.05) is 27.2 Å². The maximum atomic E-state index is 4.29. The highest BCUT2D eigenvalue weighted by molar-refractivity contribution is 5.06. The molecule has 0 saturated heterocycles. The van der Waals surface area contributed by atoms with Crippen LogP contribution in [0.25, 0.3) is 0 Å². The molecule has 66 valence electrons. The second-order valence-electron chi connectivity index (χ2n) is 3.35. The molecule has 0 radical (unpaired) electrons. The van der Waals surface area contributed by atoms with E-state index in [4.69, 9.17) is 0 Å². The molecule has 1 aromatic rings. The Morgan fingerprint density at radius 1 is 1.25 bits per heavy atom. The Kier molecular flexibility index (Phi) is 3.20. The lowest BCUT2D eigenvalue weighted by Gasteiger charge is -2.03. The van der Waals surface area contributed by atoms with Crippen LogP contribution in [0, 0.1) is 0 Å². The van der Waals surface area contributed by atoms with Gasteiger partial charge in [0.25, 0.3) is 0 Å². The summed E-state index contributed by atoms with van der Waals surface area (Å²) in [5.41, 5.74) is 1.24. The number of hydrogen-bond donors (Lipinski definition) is 0. The van der Waals surface area contributed by atoms with Crippen molar-refractivity contribution < 1.29 is 0 Å². The highest BCUT2D eigenvalue weighted by Gasteiger charge is 2.00. The maximum Gasteiger partial charge on any atom is 0.130 e. The standard InChI is InChI=1S/C10H16N2/c1-4-5-9-6-11-10(8(2)3)12-7-9/h6-8H,4-5H2,1-3H3. The van der Waals surface area contributed by atoms with Crippen molar-refractivity contribution in [3.63, 3.8) is 0 Å². The van der Waals surface area contributed by atoms with E-state index in [-0.39, 0.29) is 0 Å². The molecule has 0 amide bonds. The molecular weight excluding hydrogens is 148 g/mol. The lowest BCUT2D eigenvalue weighted by Crippen LogP contribution is -1.97. The molecule has 0 spiro atoms. The molecule has 12 heavy (non-hydrogen) atoms. The minimum Gasteiger partial charge on any atom is -0.241 e. The van der Waals surface area contributed by atoms with Crippen molar-refractivity contribution in [3.8, 4) is 0 Å². The summed E-state index contributed by atoms with van der Waals surface area (Å²) in [6.45, 7) is 6.38.